The van der Waals surface area contributed by atoms with Crippen LogP contribution in [0.25, 0.3) is 0 Å². The Hall–Kier alpha value is -0.0800. The van der Waals surface area contributed by atoms with Crippen LogP contribution in [0, 0.1) is 11.3 Å². The summed E-state index contributed by atoms with van der Waals surface area (Å²) in [6.07, 6.45) is 2.63. The van der Waals surface area contributed by atoms with Crippen molar-refractivity contribution < 1.29 is 4.74 Å². The van der Waals surface area contributed by atoms with Crippen molar-refractivity contribution in [2.75, 3.05) is 26.3 Å². The largest absolute Gasteiger partial charge is 0.381 e. The predicted octanol–water partition coefficient (Wildman–Crippen LogP) is 1.02. The Labute approximate surface area is 68.3 Å². The number of rotatable bonds is 0. The summed E-state index contributed by atoms with van der Waals surface area (Å²) in [7, 11) is 0. The number of hydrogen-bond acceptors (Lipinski definition) is 2. The maximum Gasteiger partial charge on any atom is 0.0526 e. The van der Waals surface area contributed by atoms with Gasteiger partial charge < -0.3 is 10.1 Å². The SMILES string of the molecule is CC1COCC12CCNCC2. The monoisotopic (exact) mass is 155 g/mol. The van der Waals surface area contributed by atoms with Crippen LogP contribution in [-0.4, -0.2) is 26.3 Å². The number of ether oxygens (including phenoxy) is 1. The highest BCUT2D eigenvalue weighted by molar-refractivity contribution is 4.91. The molecule has 1 atom stereocenters. The van der Waals surface area contributed by atoms with Crippen molar-refractivity contribution in [3.63, 3.8) is 0 Å². The van der Waals surface area contributed by atoms with Gasteiger partial charge in [-0.15, -0.1) is 0 Å². The number of nitrogens with one attached hydrogen (secondary N) is 1. The summed E-state index contributed by atoms with van der Waals surface area (Å²) in [5.74, 6) is 0.782. The molecule has 0 aromatic rings. The summed E-state index contributed by atoms with van der Waals surface area (Å²) in [5, 5.41) is 3.40. The topological polar surface area (TPSA) is 21.3 Å². The molecule has 2 heterocycles. The second-order valence-electron chi connectivity index (χ2n) is 4.03. The molecule has 11 heavy (non-hydrogen) atoms. The van der Waals surface area contributed by atoms with E-state index in [1.54, 1.807) is 0 Å². The van der Waals surface area contributed by atoms with Gasteiger partial charge in [0.25, 0.3) is 0 Å². The first-order valence-corrected chi connectivity index (χ1v) is 4.62. The van der Waals surface area contributed by atoms with Crippen LogP contribution in [0.15, 0.2) is 0 Å². The van der Waals surface area contributed by atoms with Crippen LogP contribution in [-0.2, 0) is 4.74 Å². The lowest BCUT2D eigenvalue weighted by Gasteiger charge is -2.36. The normalized spacial score (nSPS) is 36.3. The second-order valence-corrected chi connectivity index (χ2v) is 4.03. The molecule has 1 N–H and O–H groups in total. The van der Waals surface area contributed by atoms with E-state index in [1.165, 1.54) is 25.9 Å². The van der Waals surface area contributed by atoms with E-state index in [2.05, 4.69) is 12.2 Å². The van der Waals surface area contributed by atoms with E-state index in [9.17, 15) is 0 Å². The fourth-order valence-electron chi connectivity index (χ4n) is 2.32. The Morgan fingerprint density at radius 3 is 2.64 bits per heavy atom. The summed E-state index contributed by atoms with van der Waals surface area (Å²) in [4.78, 5) is 0. The Morgan fingerprint density at radius 2 is 2.09 bits per heavy atom. The predicted molar refractivity (Wildman–Crippen MR) is 44.5 cm³/mol. The third-order valence-corrected chi connectivity index (χ3v) is 3.40. The van der Waals surface area contributed by atoms with Crippen LogP contribution in [0.1, 0.15) is 19.8 Å². The first-order chi connectivity index (χ1) is 5.33. The van der Waals surface area contributed by atoms with Crippen LogP contribution < -0.4 is 5.32 Å². The Bertz CT molecular complexity index is 140. The molecule has 0 saturated carbocycles. The molecular formula is C9H17NO. The summed E-state index contributed by atoms with van der Waals surface area (Å²) < 4.78 is 5.52. The van der Waals surface area contributed by atoms with Crippen molar-refractivity contribution in [1.82, 2.24) is 5.32 Å². The van der Waals surface area contributed by atoms with Gasteiger partial charge in [-0.25, -0.2) is 0 Å². The van der Waals surface area contributed by atoms with E-state index in [0.29, 0.717) is 5.41 Å². The molecule has 2 aliphatic rings. The van der Waals surface area contributed by atoms with Gasteiger partial charge in [0.15, 0.2) is 0 Å². The third kappa shape index (κ3) is 1.18. The third-order valence-electron chi connectivity index (χ3n) is 3.40. The van der Waals surface area contributed by atoms with E-state index >= 15 is 0 Å². The average Bonchev–Trinajstić information content (AvgIpc) is 2.36. The van der Waals surface area contributed by atoms with Crippen LogP contribution in [0.2, 0.25) is 0 Å². The molecule has 2 heteroatoms. The summed E-state index contributed by atoms with van der Waals surface area (Å²) >= 11 is 0. The van der Waals surface area contributed by atoms with E-state index in [0.717, 1.165) is 19.1 Å². The molecule has 2 saturated heterocycles. The lowest BCUT2D eigenvalue weighted by Crippen LogP contribution is -2.40. The molecule has 0 amide bonds. The first kappa shape index (κ1) is 7.56. The highest BCUT2D eigenvalue weighted by Crippen LogP contribution is 2.41. The average molecular weight is 155 g/mol. The highest BCUT2D eigenvalue weighted by atomic mass is 16.5. The second kappa shape index (κ2) is 2.76. The molecule has 2 fully saturated rings. The fraction of sp³-hybridized carbons (Fsp3) is 1.00. The van der Waals surface area contributed by atoms with Gasteiger partial charge in [-0.05, 0) is 31.8 Å². The molecular weight excluding hydrogens is 138 g/mol. The molecule has 0 aromatic carbocycles. The van der Waals surface area contributed by atoms with Gasteiger partial charge in [-0.1, -0.05) is 6.92 Å². The molecule has 0 aromatic heterocycles. The van der Waals surface area contributed by atoms with Crippen molar-refractivity contribution in [2.45, 2.75) is 19.8 Å². The van der Waals surface area contributed by atoms with E-state index < -0.39 is 0 Å². The Kier molecular flexibility index (Phi) is 1.90. The maximum absolute atomic E-state index is 5.52. The van der Waals surface area contributed by atoms with E-state index in [4.69, 9.17) is 4.74 Å². The maximum atomic E-state index is 5.52. The zero-order chi connectivity index (χ0) is 7.73. The smallest absolute Gasteiger partial charge is 0.0526 e. The zero-order valence-electron chi connectivity index (χ0n) is 7.23. The van der Waals surface area contributed by atoms with E-state index in [-0.39, 0.29) is 0 Å². The van der Waals surface area contributed by atoms with Gasteiger partial charge >= 0.3 is 0 Å². The molecule has 0 aliphatic carbocycles. The van der Waals surface area contributed by atoms with Crippen molar-refractivity contribution >= 4 is 0 Å². The molecule has 2 rings (SSSR count). The van der Waals surface area contributed by atoms with Crippen molar-refractivity contribution in [1.29, 1.82) is 0 Å². The van der Waals surface area contributed by atoms with Crippen molar-refractivity contribution in [3.05, 3.63) is 0 Å². The van der Waals surface area contributed by atoms with Gasteiger partial charge in [-0.2, -0.15) is 0 Å². The molecule has 1 spiro atoms. The van der Waals surface area contributed by atoms with Crippen LogP contribution in [0.4, 0.5) is 0 Å². The van der Waals surface area contributed by atoms with Gasteiger partial charge in [0.1, 0.15) is 0 Å². The van der Waals surface area contributed by atoms with Gasteiger partial charge in [0.05, 0.1) is 6.61 Å². The molecule has 2 nitrogen and oxygen atoms in total. The molecule has 1 unspecified atom stereocenters. The molecule has 0 bridgehead atoms. The fourth-order valence-corrected chi connectivity index (χ4v) is 2.32. The highest BCUT2D eigenvalue weighted by Gasteiger charge is 2.41. The number of piperidine rings is 1. The van der Waals surface area contributed by atoms with Crippen LogP contribution in [0.3, 0.4) is 0 Å². The standard InChI is InChI=1S/C9H17NO/c1-8-6-11-7-9(8)2-4-10-5-3-9/h8,10H,2-7H2,1H3. The van der Waals surface area contributed by atoms with Gasteiger partial charge in [0, 0.05) is 12.0 Å². The minimum atomic E-state index is 0.547. The minimum absolute atomic E-state index is 0.547. The zero-order valence-corrected chi connectivity index (χ0v) is 7.23. The van der Waals surface area contributed by atoms with Gasteiger partial charge in [-0.3, -0.25) is 0 Å². The summed E-state index contributed by atoms with van der Waals surface area (Å²) in [6, 6.07) is 0. The molecule has 2 aliphatic heterocycles. The van der Waals surface area contributed by atoms with Crippen LogP contribution in [0.5, 0.6) is 0 Å². The Balaban J connectivity index is 2.06. The lowest BCUT2D eigenvalue weighted by atomic mass is 9.72. The van der Waals surface area contributed by atoms with Crippen LogP contribution >= 0.6 is 0 Å². The Morgan fingerprint density at radius 1 is 1.36 bits per heavy atom. The molecule has 0 radical (unpaired) electrons. The minimum Gasteiger partial charge on any atom is -0.381 e. The number of hydrogen-bond donors (Lipinski definition) is 1. The summed E-state index contributed by atoms with van der Waals surface area (Å²) in [5.41, 5.74) is 0.547. The van der Waals surface area contributed by atoms with E-state index in [1.807, 2.05) is 0 Å². The van der Waals surface area contributed by atoms with Crippen molar-refractivity contribution in [3.8, 4) is 0 Å². The van der Waals surface area contributed by atoms with Crippen molar-refractivity contribution in [2.24, 2.45) is 11.3 Å². The molecule has 64 valence electrons. The lowest BCUT2D eigenvalue weighted by molar-refractivity contribution is 0.121. The summed E-state index contributed by atoms with van der Waals surface area (Å²) in [6.45, 7) is 6.70. The quantitative estimate of drug-likeness (QED) is 0.564. The van der Waals surface area contributed by atoms with Gasteiger partial charge in [0.2, 0.25) is 0 Å². The first-order valence-electron chi connectivity index (χ1n) is 4.62.